The van der Waals surface area contributed by atoms with Gasteiger partial charge in [0.15, 0.2) is 0 Å². The molecule has 8 heteroatoms. The first kappa shape index (κ1) is 15.2. The smallest absolute Gasteiger partial charge is 0.330 e. The van der Waals surface area contributed by atoms with Gasteiger partial charge < -0.3 is 10.4 Å². The molecule has 0 atom stereocenters. The summed E-state index contributed by atoms with van der Waals surface area (Å²) in [4.78, 5) is 40.0. The lowest BCUT2D eigenvalue weighted by Gasteiger charge is -2.03. The average molecular weight is 302 g/mol. The van der Waals surface area contributed by atoms with Crippen molar-refractivity contribution in [2.75, 3.05) is 5.32 Å². The zero-order chi connectivity index (χ0) is 16.3. The van der Waals surface area contributed by atoms with E-state index >= 15 is 0 Å². The fraction of sp³-hybridized carbons (Fsp3) is 0.143. The van der Waals surface area contributed by atoms with Gasteiger partial charge in [-0.25, -0.2) is 4.79 Å². The largest absolute Gasteiger partial charge is 0.494 e. The lowest BCUT2D eigenvalue weighted by molar-refractivity contribution is -0.114. The van der Waals surface area contributed by atoms with Crippen molar-refractivity contribution in [1.82, 2.24) is 9.55 Å². The molecule has 1 aromatic heterocycles. The van der Waals surface area contributed by atoms with Gasteiger partial charge in [-0.2, -0.15) is 0 Å². The SMILES string of the molecule is CC(=O)Nc1ccc(N=Cc2c(O)n(C)c(=O)[nH]c2=O)cc1. The first-order valence-electron chi connectivity index (χ1n) is 6.32. The van der Waals surface area contributed by atoms with Gasteiger partial charge in [0.25, 0.3) is 5.56 Å². The maximum absolute atomic E-state index is 11.6. The molecule has 1 amide bonds. The molecule has 2 rings (SSSR count). The van der Waals surface area contributed by atoms with Gasteiger partial charge in [0, 0.05) is 25.9 Å². The summed E-state index contributed by atoms with van der Waals surface area (Å²) in [5.74, 6) is -0.648. The minimum atomic E-state index is -0.723. The summed E-state index contributed by atoms with van der Waals surface area (Å²) < 4.78 is 0.905. The number of amides is 1. The molecular formula is C14H14N4O4. The Morgan fingerprint density at radius 2 is 1.95 bits per heavy atom. The van der Waals surface area contributed by atoms with Crippen LogP contribution in [0.25, 0.3) is 0 Å². The van der Waals surface area contributed by atoms with E-state index in [4.69, 9.17) is 0 Å². The number of rotatable bonds is 3. The monoisotopic (exact) mass is 302 g/mol. The summed E-state index contributed by atoms with van der Waals surface area (Å²) in [6.45, 7) is 1.40. The molecule has 0 radical (unpaired) electrons. The van der Waals surface area contributed by atoms with E-state index in [0.29, 0.717) is 11.4 Å². The molecule has 0 aliphatic heterocycles. The summed E-state index contributed by atoms with van der Waals surface area (Å²) >= 11 is 0. The fourth-order valence-corrected chi connectivity index (χ4v) is 1.72. The predicted molar refractivity (Wildman–Crippen MR) is 82.0 cm³/mol. The number of H-pyrrole nitrogens is 1. The second-order valence-electron chi connectivity index (χ2n) is 4.54. The quantitative estimate of drug-likeness (QED) is 0.715. The number of aliphatic imine (C=N–C) groups is 1. The highest BCUT2D eigenvalue weighted by Gasteiger charge is 2.09. The zero-order valence-electron chi connectivity index (χ0n) is 12.0. The maximum atomic E-state index is 11.6. The molecule has 22 heavy (non-hydrogen) atoms. The molecule has 1 heterocycles. The van der Waals surface area contributed by atoms with E-state index < -0.39 is 17.1 Å². The minimum absolute atomic E-state index is 0.118. The van der Waals surface area contributed by atoms with Crippen LogP contribution in [0.4, 0.5) is 11.4 Å². The van der Waals surface area contributed by atoms with Gasteiger partial charge in [-0.05, 0) is 24.3 Å². The molecule has 0 saturated heterocycles. The van der Waals surface area contributed by atoms with Crippen molar-refractivity contribution in [2.45, 2.75) is 6.92 Å². The Morgan fingerprint density at radius 3 is 2.55 bits per heavy atom. The van der Waals surface area contributed by atoms with Crippen molar-refractivity contribution in [3.05, 3.63) is 50.7 Å². The van der Waals surface area contributed by atoms with Crippen LogP contribution in [0.5, 0.6) is 5.88 Å². The number of nitrogens with zero attached hydrogens (tertiary/aromatic N) is 2. The number of carbonyl (C=O) groups excluding carboxylic acids is 1. The third-order valence-electron chi connectivity index (χ3n) is 2.86. The van der Waals surface area contributed by atoms with Crippen LogP contribution >= 0.6 is 0 Å². The first-order chi connectivity index (χ1) is 10.4. The van der Waals surface area contributed by atoms with Crippen molar-refractivity contribution in [1.29, 1.82) is 0 Å². The number of aromatic nitrogens is 2. The molecule has 0 bridgehead atoms. The summed E-state index contributed by atoms with van der Waals surface area (Å²) in [6.07, 6.45) is 1.17. The van der Waals surface area contributed by atoms with E-state index in [0.717, 1.165) is 4.57 Å². The molecular weight excluding hydrogens is 288 g/mol. The van der Waals surface area contributed by atoms with Crippen LogP contribution < -0.4 is 16.6 Å². The standard InChI is InChI=1S/C14H14N4O4/c1-8(19)16-10-5-3-9(4-6-10)15-7-11-12(20)17-14(22)18(2)13(11)21/h3-7,21H,1-2H3,(H,16,19)(H,17,20,22). The van der Waals surface area contributed by atoms with Crippen molar-refractivity contribution < 1.29 is 9.90 Å². The predicted octanol–water partition coefficient (Wildman–Crippen LogP) is 0.488. The van der Waals surface area contributed by atoms with E-state index in [1.807, 2.05) is 0 Å². The Kier molecular flexibility index (Phi) is 4.21. The van der Waals surface area contributed by atoms with Gasteiger partial charge in [-0.1, -0.05) is 0 Å². The molecule has 0 aliphatic rings. The number of anilines is 1. The van der Waals surface area contributed by atoms with E-state index in [2.05, 4.69) is 15.3 Å². The topological polar surface area (TPSA) is 117 Å². The Bertz CT molecular complexity index is 847. The fourth-order valence-electron chi connectivity index (χ4n) is 1.72. The van der Waals surface area contributed by atoms with Crippen molar-refractivity contribution in [3.8, 4) is 5.88 Å². The lowest BCUT2D eigenvalue weighted by atomic mass is 10.2. The summed E-state index contributed by atoms with van der Waals surface area (Å²) in [5, 5.41) is 12.4. The van der Waals surface area contributed by atoms with Crippen LogP contribution in [0.15, 0.2) is 38.8 Å². The molecule has 0 fully saturated rings. The second kappa shape index (κ2) is 6.08. The summed E-state index contributed by atoms with van der Waals surface area (Å²) in [7, 11) is 1.33. The molecule has 1 aromatic carbocycles. The third-order valence-corrected chi connectivity index (χ3v) is 2.86. The van der Waals surface area contributed by atoms with Crippen molar-refractivity contribution in [2.24, 2.45) is 12.0 Å². The number of carbonyl (C=O) groups is 1. The van der Waals surface area contributed by atoms with Gasteiger partial charge in [-0.3, -0.25) is 24.1 Å². The Balaban J connectivity index is 2.30. The zero-order valence-corrected chi connectivity index (χ0v) is 12.0. The molecule has 0 aliphatic carbocycles. The molecule has 8 nitrogen and oxygen atoms in total. The van der Waals surface area contributed by atoms with E-state index in [1.54, 1.807) is 24.3 Å². The van der Waals surface area contributed by atoms with Crippen molar-refractivity contribution >= 4 is 23.5 Å². The Morgan fingerprint density at radius 1 is 1.32 bits per heavy atom. The van der Waals surface area contributed by atoms with E-state index in [1.165, 1.54) is 20.2 Å². The van der Waals surface area contributed by atoms with Crippen molar-refractivity contribution in [3.63, 3.8) is 0 Å². The van der Waals surface area contributed by atoms with Crippen LogP contribution in [0.2, 0.25) is 0 Å². The Labute approximate surface area is 124 Å². The average Bonchev–Trinajstić information content (AvgIpc) is 2.46. The second-order valence-corrected chi connectivity index (χ2v) is 4.54. The van der Waals surface area contributed by atoms with Gasteiger partial charge >= 0.3 is 5.69 Å². The Hall–Kier alpha value is -3.16. The van der Waals surface area contributed by atoms with Gasteiger partial charge in [0.05, 0.1) is 5.69 Å². The number of nitrogens with one attached hydrogen (secondary N) is 2. The highest BCUT2D eigenvalue weighted by molar-refractivity contribution is 5.89. The molecule has 0 spiro atoms. The number of hydrogen-bond donors (Lipinski definition) is 3. The minimum Gasteiger partial charge on any atom is -0.494 e. The molecule has 3 N–H and O–H groups in total. The molecule has 114 valence electrons. The molecule has 0 saturated carbocycles. The van der Waals surface area contributed by atoms with E-state index in [-0.39, 0.29) is 11.5 Å². The van der Waals surface area contributed by atoms with Gasteiger partial charge in [0.2, 0.25) is 11.8 Å². The van der Waals surface area contributed by atoms with E-state index in [9.17, 15) is 19.5 Å². The highest BCUT2D eigenvalue weighted by atomic mass is 16.3. The van der Waals surface area contributed by atoms with Crippen LogP contribution in [-0.4, -0.2) is 26.8 Å². The maximum Gasteiger partial charge on any atom is 0.330 e. The van der Waals surface area contributed by atoms with Crippen LogP contribution in [0.1, 0.15) is 12.5 Å². The molecule has 0 unspecified atom stereocenters. The van der Waals surface area contributed by atoms with Gasteiger partial charge in [-0.15, -0.1) is 0 Å². The van der Waals surface area contributed by atoms with Crippen LogP contribution in [0, 0.1) is 0 Å². The third kappa shape index (κ3) is 3.29. The lowest BCUT2D eigenvalue weighted by Crippen LogP contribution is -2.30. The highest BCUT2D eigenvalue weighted by Crippen LogP contribution is 2.16. The summed E-state index contributed by atoms with van der Waals surface area (Å²) in [6, 6.07) is 6.57. The van der Waals surface area contributed by atoms with Crippen LogP contribution in [-0.2, 0) is 11.8 Å². The number of hydrogen-bond acceptors (Lipinski definition) is 5. The van der Waals surface area contributed by atoms with Crippen LogP contribution in [0.3, 0.4) is 0 Å². The summed E-state index contributed by atoms with van der Waals surface area (Å²) in [5.41, 5.74) is -0.414. The number of aromatic hydroxyl groups is 1. The normalized spacial score (nSPS) is 10.8. The number of benzene rings is 1. The number of aromatic amines is 1. The first-order valence-corrected chi connectivity index (χ1v) is 6.32. The molecule has 2 aromatic rings. The van der Waals surface area contributed by atoms with Gasteiger partial charge in [0.1, 0.15) is 5.56 Å².